The molecule has 0 unspecified atom stereocenters. The zero-order chi connectivity index (χ0) is 17.5. The molecular formula is C16H14F2N4O2. The van der Waals surface area contributed by atoms with E-state index in [0.717, 1.165) is 18.2 Å². The molecule has 2 amide bonds. The molecule has 1 aromatic heterocycles. The summed E-state index contributed by atoms with van der Waals surface area (Å²) in [4.78, 5) is 27.4. The van der Waals surface area contributed by atoms with E-state index < -0.39 is 23.4 Å². The Balaban J connectivity index is 1.90. The Labute approximate surface area is 136 Å². The molecule has 0 atom stereocenters. The Morgan fingerprint density at radius 1 is 1.17 bits per heavy atom. The minimum Gasteiger partial charge on any atom is -0.320 e. The molecule has 8 heteroatoms. The average molecular weight is 332 g/mol. The first-order valence-electron chi connectivity index (χ1n) is 6.86. The van der Waals surface area contributed by atoms with Crippen LogP contribution in [-0.4, -0.2) is 16.8 Å². The summed E-state index contributed by atoms with van der Waals surface area (Å²) < 4.78 is 26.2. The van der Waals surface area contributed by atoms with E-state index in [4.69, 9.17) is 0 Å². The summed E-state index contributed by atoms with van der Waals surface area (Å²) in [6.45, 7) is 1.53. The summed E-state index contributed by atoms with van der Waals surface area (Å²) in [6.07, 6.45) is 4.04. The van der Waals surface area contributed by atoms with E-state index in [1.54, 1.807) is 12.1 Å². The van der Waals surface area contributed by atoms with E-state index in [1.807, 2.05) is 0 Å². The van der Waals surface area contributed by atoms with Gasteiger partial charge in [0, 0.05) is 30.2 Å². The molecule has 0 aliphatic carbocycles. The molecule has 0 aliphatic heterocycles. The Morgan fingerprint density at radius 2 is 1.96 bits per heavy atom. The number of allylic oxidation sites excluding steroid dienone is 1. The number of amides is 2. The molecule has 24 heavy (non-hydrogen) atoms. The summed E-state index contributed by atoms with van der Waals surface area (Å²) in [5, 5.41) is 2.27. The smallest absolute Gasteiger partial charge is 0.271 e. The van der Waals surface area contributed by atoms with Gasteiger partial charge in [0.25, 0.3) is 5.91 Å². The molecule has 0 fully saturated rings. The molecule has 6 nitrogen and oxygen atoms in total. The van der Waals surface area contributed by atoms with Crippen molar-refractivity contribution in [2.75, 3.05) is 5.32 Å². The Hall–Kier alpha value is -3.29. The highest BCUT2D eigenvalue weighted by Gasteiger charge is 2.07. The fourth-order valence-electron chi connectivity index (χ4n) is 1.72. The number of aromatic nitrogens is 1. The number of nitrogens with one attached hydrogen (secondary N) is 3. The molecule has 1 heterocycles. The van der Waals surface area contributed by atoms with Gasteiger partial charge in [-0.1, -0.05) is 0 Å². The minimum atomic E-state index is -0.882. The SMILES string of the molecule is CC(=CC(=O)Nc1ccc(F)cc1F)NNC(=O)c1cccnc1. The van der Waals surface area contributed by atoms with Gasteiger partial charge >= 0.3 is 0 Å². The van der Waals surface area contributed by atoms with Crippen LogP contribution in [0.1, 0.15) is 17.3 Å². The summed E-state index contributed by atoms with van der Waals surface area (Å²) in [5.74, 6) is -2.69. The van der Waals surface area contributed by atoms with E-state index in [0.29, 0.717) is 17.3 Å². The number of hydrogen-bond donors (Lipinski definition) is 3. The summed E-state index contributed by atoms with van der Waals surface area (Å²) >= 11 is 0. The van der Waals surface area contributed by atoms with Gasteiger partial charge in [0.2, 0.25) is 5.91 Å². The van der Waals surface area contributed by atoms with Crippen molar-refractivity contribution in [3.05, 3.63) is 71.7 Å². The van der Waals surface area contributed by atoms with Crippen LogP contribution in [0.3, 0.4) is 0 Å². The van der Waals surface area contributed by atoms with Crippen molar-refractivity contribution in [2.24, 2.45) is 0 Å². The lowest BCUT2D eigenvalue weighted by atomic mass is 10.3. The third-order valence-corrected chi connectivity index (χ3v) is 2.83. The summed E-state index contributed by atoms with van der Waals surface area (Å²) in [5.41, 5.74) is 5.43. The molecule has 2 rings (SSSR count). The van der Waals surface area contributed by atoms with Crippen molar-refractivity contribution in [1.82, 2.24) is 15.8 Å². The first-order chi connectivity index (χ1) is 11.5. The maximum absolute atomic E-state index is 13.4. The van der Waals surface area contributed by atoms with E-state index in [9.17, 15) is 18.4 Å². The normalized spacial score (nSPS) is 10.9. The Kier molecular flexibility index (Phi) is 5.56. The molecule has 0 saturated carbocycles. The van der Waals surface area contributed by atoms with Gasteiger partial charge in [-0.2, -0.15) is 0 Å². The van der Waals surface area contributed by atoms with Gasteiger partial charge in [0.1, 0.15) is 11.6 Å². The van der Waals surface area contributed by atoms with Crippen LogP contribution in [0.2, 0.25) is 0 Å². The second-order valence-electron chi connectivity index (χ2n) is 4.76. The molecule has 0 aliphatic rings. The molecular weight excluding hydrogens is 318 g/mol. The van der Waals surface area contributed by atoms with Crippen molar-refractivity contribution in [2.45, 2.75) is 6.92 Å². The van der Waals surface area contributed by atoms with Gasteiger partial charge in [-0.15, -0.1) is 0 Å². The van der Waals surface area contributed by atoms with Crippen LogP contribution in [0, 0.1) is 11.6 Å². The van der Waals surface area contributed by atoms with Gasteiger partial charge in [-0.05, 0) is 31.2 Å². The number of hydrogen-bond acceptors (Lipinski definition) is 4. The molecule has 3 N–H and O–H groups in total. The fourth-order valence-corrected chi connectivity index (χ4v) is 1.72. The maximum Gasteiger partial charge on any atom is 0.271 e. The fraction of sp³-hybridized carbons (Fsp3) is 0.0625. The van der Waals surface area contributed by atoms with Crippen LogP contribution < -0.4 is 16.2 Å². The van der Waals surface area contributed by atoms with E-state index in [-0.39, 0.29) is 5.69 Å². The van der Waals surface area contributed by atoms with Crippen LogP contribution in [0.4, 0.5) is 14.5 Å². The molecule has 0 saturated heterocycles. The number of hydrazine groups is 1. The average Bonchev–Trinajstić information content (AvgIpc) is 2.56. The van der Waals surface area contributed by atoms with Crippen LogP contribution in [0.5, 0.6) is 0 Å². The third kappa shape index (κ3) is 4.87. The van der Waals surface area contributed by atoms with Gasteiger partial charge in [-0.3, -0.25) is 20.0 Å². The number of carbonyl (C=O) groups excluding carboxylic acids is 2. The van der Waals surface area contributed by atoms with Gasteiger partial charge in [-0.25, -0.2) is 8.78 Å². The molecule has 0 spiro atoms. The van der Waals surface area contributed by atoms with Crippen LogP contribution in [0.25, 0.3) is 0 Å². The highest BCUT2D eigenvalue weighted by molar-refractivity contribution is 5.99. The maximum atomic E-state index is 13.4. The van der Waals surface area contributed by atoms with E-state index in [2.05, 4.69) is 21.2 Å². The van der Waals surface area contributed by atoms with Gasteiger partial charge < -0.3 is 10.7 Å². The van der Waals surface area contributed by atoms with E-state index in [1.165, 1.54) is 19.3 Å². The molecule has 0 radical (unpaired) electrons. The summed E-state index contributed by atoms with van der Waals surface area (Å²) in [6, 6.07) is 6.00. The van der Waals surface area contributed by atoms with E-state index >= 15 is 0 Å². The topological polar surface area (TPSA) is 83.1 Å². The Morgan fingerprint density at radius 3 is 2.62 bits per heavy atom. The van der Waals surface area contributed by atoms with Gasteiger partial charge in [0.05, 0.1) is 11.3 Å². The van der Waals surface area contributed by atoms with Crippen molar-refractivity contribution in [3.8, 4) is 0 Å². The lowest BCUT2D eigenvalue weighted by molar-refractivity contribution is -0.112. The molecule has 2 aromatic rings. The largest absolute Gasteiger partial charge is 0.320 e. The number of anilines is 1. The monoisotopic (exact) mass is 332 g/mol. The lowest BCUT2D eigenvalue weighted by Gasteiger charge is -2.09. The second-order valence-corrected chi connectivity index (χ2v) is 4.76. The minimum absolute atomic E-state index is 0.148. The highest BCUT2D eigenvalue weighted by atomic mass is 19.1. The van der Waals surface area contributed by atoms with Crippen molar-refractivity contribution in [1.29, 1.82) is 0 Å². The third-order valence-electron chi connectivity index (χ3n) is 2.83. The van der Waals surface area contributed by atoms with Crippen LogP contribution in [0.15, 0.2) is 54.5 Å². The predicted molar refractivity (Wildman–Crippen MR) is 83.6 cm³/mol. The number of benzene rings is 1. The lowest BCUT2D eigenvalue weighted by Crippen LogP contribution is -2.36. The molecule has 0 bridgehead atoms. The zero-order valence-electron chi connectivity index (χ0n) is 12.6. The number of nitrogens with zero attached hydrogens (tertiary/aromatic N) is 1. The second kappa shape index (κ2) is 7.82. The highest BCUT2D eigenvalue weighted by Crippen LogP contribution is 2.14. The van der Waals surface area contributed by atoms with Crippen molar-refractivity contribution >= 4 is 17.5 Å². The van der Waals surface area contributed by atoms with Crippen molar-refractivity contribution < 1.29 is 18.4 Å². The number of carbonyl (C=O) groups is 2. The first-order valence-corrected chi connectivity index (χ1v) is 6.86. The quantitative estimate of drug-likeness (QED) is 0.579. The van der Waals surface area contributed by atoms with Gasteiger partial charge in [0.15, 0.2) is 0 Å². The number of rotatable bonds is 5. The molecule has 124 valence electrons. The standard InChI is InChI=1S/C16H14F2N4O2/c1-10(21-22-16(24)11-3-2-6-19-9-11)7-15(23)20-14-5-4-12(17)8-13(14)18/h2-9,21H,1H3,(H,20,23)(H,22,24). The number of pyridine rings is 1. The number of halogens is 2. The zero-order valence-corrected chi connectivity index (χ0v) is 12.6. The Bertz CT molecular complexity index is 779. The predicted octanol–water partition coefficient (Wildman–Crippen LogP) is 2.14. The molecule has 1 aromatic carbocycles. The summed E-state index contributed by atoms with van der Waals surface area (Å²) in [7, 11) is 0. The van der Waals surface area contributed by atoms with Crippen LogP contribution >= 0.6 is 0 Å². The van der Waals surface area contributed by atoms with Crippen molar-refractivity contribution in [3.63, 3.8) is 0 Å². The first kappa shape index (κ1) is 17.1. The van der Waals surface area contributed by atoms with Crippen LogP contribution in [-0.2, 0) is 4.79 Å².